The van der Waals surface area contributed by atoms with Crippen molar-refractivity contribution in [1.29, 1.82) is 0 Å². The Balaban J connectivity index is 1.48. The van der Waals surface area contributed by atoms with Crippen molar-refractivity contribution in [2.24, 2.45) is 10.8 Å². The van der Waals surface area contributed by atoms with Crippen LogP contribution in [0.25, 0.3) is 55.3 Å². The minimum atomic E-state index is -2.56. The van der Waals surface area contributed by atoms with Crippen LogP contribution in [0.2, 0.25) is 39.3 Å². The standard InChI is InChI=1S/C74H88Br2O10P2Si2/c1-40-25-42(3)62(43(4)26-40)47-32-52(53-33-48(63-44(5)27-41(2)28-45(63)6)35-60(90(22,23)24)68(53)85-88-83-66-55(69(78)86-88)36-49(75)37-58(66)76)67(59(34-47)89(19,20)21)84-87-81-64-51(29-46(30-56(64)71(7,8)9)31-61(77)73(13,14)15)54-38-50(80-70(79)74(16,17)18)39-57(65(54)82-87)72(10,11)12/h25-30,32-39H,31H2,1-24H3. The van der Waals surface area contributed by atoms with Crippen LogP contribution in [0.4, 0.5) is 0 Å². The molecule has 7 aromatic carbocycles. The highest BCUT2D eigenvalue weighted by Gasteiger charge is 2.39. The Kier molecular flexibility index (Phi) is 18.8. The lowest BCUT2D eigenvalue weighted by molar-refractivity contribution is -0.143. The molecule has 2 unspecified atom stereocenters. The number of Topliss-reactive ketones (excluding diaryl/α,β-unsaturated/α-hetero) is 1. The van der Waals surface area contributed by atoms with E-state index in [4.69, 9.17) is 31.2 Å². The summed E-state index contributed by atoms with van der Waals surface area (Å²) in [7, 11) is -9.92. The monoisotopic (exact) mass is 1410 g/mol. The molecule has 0 bridgehead atoms. The van der Waals surface area contributed by atoms with Crippen molar-refractivity contribution in [3.8, 4) is 56.4 Å². The van der Waals surface area contributed by atoms with Crippen molar-refractivity contribution in [2.75, 3.05) is 0 Å². The summed E-state index contributed by atoms with van der Waals surface area (Å²) in [5.74, 6) is 0.901. The predicted molar refractivity (Wildman–Crippen MR) is 386 cm³/mol. The van der Waals surface area contributed by atoms with E-state index in [0.717, 1.165) is 77.1 Å². The van der Waals surface area contributed by atoms with Crippen LogP contribution in [0.15, 0.2) is 102 Å². The number of halogens is 2. The van der Waals surface area contributed by atoms with Crippen LogP contribution >= 0.6 is 48.7 Å². The van der Waals surface area contributed by atoms with Crippen LogP contribution in [0, 0.1) is 52.4 Å². The minimum Gasteiger partial charge on any atom is -0.426 e. The molecule has 1 aromatic heterocycles. The predicted octanol–water partition coefficient (Wildman–Crippen LogP) is 22.2. The molecule has 476 valence electrons. The first-order valence-corrected chi connectivity index (χ1v) is 41.5. The molecule has 0 radical (unpaired) electrons. The van der Waals surface area contributed by atoms with E-state index < -0.39 is 60.6 Å². The van der Waals surface area contributed by atoms with Crippen molar-refractivity contribution in [3.63, 3.8) is 0 Å². The summed E-state index contributed by atoms with van der Waals surface area (Å²) in [6, 6.07) is 29.4. The van der Waals surface area contributed by atoms with E-state index >= 15 is 0 Å². The van der Waals surface area contributed by atoms with E-state index in [9.17, 15) is 14.4 Å². The maximum Gasteiger partial charge on any atom is 0.532 e. The Morgan fingerprint density at radius 1 is 0.522 bits per heavy atom. The topological polar surface area (TPSA) is 124 Å². The number of benzene rings is 7. The summed E-state index contributed by atoms with van der Waals surface area (Å²) in [5.41, 5.74) is 13.7. The van der Waals surface area contributed by atoms with Gasteiger partial charge in [0.2, 0.25) is 0 Å². The third kappa shape index (κ3) is 14.4. The summed E-state index contributed by atoms with van der Waals surface area (Å²) in [6.07, 6.45) is 0.180. The molecular weight excluding hydrogens is 1330 g/mol. The highest BCUT2D eigenvalue weighted by atomic mass is 79.9. The molecule has 0 fully saturated rings. The SMILES string of the molecule is Cc1cc(C)c(-c2cc(-c3cc(-c4c(C)cc(C)cc4C)cc([Si](C)(C)C)c3Op3oc4c(C(C)(C)C)cc(CC(=O)C(C)(C)C)cc4c4cc(OC(=O)C(C)(C)C)cc(C(C)(C)C)c4o3)c(OP3OC(=O)c4cc(Br)cc(Br)c4O3)c([Si](C)(C)C)c2)c(C)c1. The number of fused-ring (bicyclic) bond motifs is 4. The molecule has 10 nitrogen and oxygen atoms in total. The fourth-order valence-corrected chi connectivity index (χ4v) is 18.5. The second-order valence-corrected chi connectivity index (χ2v) is 44.6. The quantitative estimate of drug-likeness (QED) is 0.0505. The molecule has 2 atom stereocenters. The van der Waals surface area contributed by atoms with Gasteiger partial charge < -0.3 is 31.2 Å². The Bertz CT molecular complexity index is 4160. The molecular formula is C74H88Br2O10P2Si2. The van der Waals surface area contributed by atoms with E-state index in [-0.39, 0.29) is 23.7 Å². The number of hydrogen-bond acceptors (Lipinski definition) is 10. The van der Waals surface area contributed by atoms with Crippen molar-refractivity contribution in [1.82, 2.24) is 0 Å². The van der Waals surface area contributed by atoms with E-state index in [1.54, 1.807) is 6.07 Å². The second-order valence-electron chi connectivity index (χ2n) is 30.8. The normalized spacial score (nSPS) is 14.3. The first-order valence-electron chi connectivity index (χ1n) is 30.8. The van der Waals surface area contributed by atoms with E-state index in [1.807, 2.05) is 65.8 Å². The number of esters is 1. The Labute approximate surface area is 554 Å². The van der Waals surface area contributed by atoms with Gasteiger partial charge in [0.15, 0.2) is 5.75 Å². The summed E-state index contributed by atoms with van der Waals surface area (Å²) in [5, 5.41) is 3.31. The number of carbonyl (C=O) groups is 3. The molecule has 2 heterocycles. The van der Waals surface area contributed by atoms with E-state index in [2.05, 4.69) is 209 Å². The minimum absolute atomic E-state index is 0.0887. The van der Waals surface area contributed by atoms with Gasteiger partial charge in [-0.2, -0.15) is 0 Å². The number of hydrogen-bond donors (Lipinski definition) is 0. The maximum absolute atomic E-state index is 14.2. The van der Waals surface area contributed by atoms with Crippen LogP contribution in [0.3, 0.4) is 0 Å². The van der Waals surface area contributed by atoms with Crippen LogP contribution in [0.5, 0.6) is 23.0 Å². The third-order valence-corrected chi connectivity index (χ3v) is 23.4. The van der Waals surface area contributed by atoms with Gasteiger partial charge in [0.1, 0.15) is 39.8 Å². The van der Waals surface area contributed by atoms with Gasteiger partial charge in [0, 0.05) is 49.3 Å². The van der Waals surface area contributed by atoms with Crippen LogP contribution in [-0.4, -0.2) is 33.9 Å². The Hall–Kier alpha value is -5.73. The molecule has 0 saturated heterocycles. The van der Waals surface area contributed by atoms with Gasteiger partial charge in [-0.05, 0) is 192 Å². The first kappa shape index (κ1) is 68.6. The number of aryl methyl sites for hydroxylation is 6. The first-order chi connectivity index (χ1) is 41.4. The highest BCUT2D eigenvalue weighted by Crippen LogP contribution is 2.55. The molecule has 9 rings (SSSR count). The molecule has 0 amide bonds. The molecule has 1 aliphatic heterocycles. The largest absolute Gasteiger partial charge is 0.532 e. The highest BCUT2D eigenvalue weighted by molar-refractivity contribution is 9.11. The maximum atomic E-state index is 14.2. The molecule has 0 saturated carbocycles. The van der Waals surface area contributed by atoms with Gasteiger partial charge in [-0.3, -0.25) is 9.59 Å². The summed E-state index contributed by atoms with van der Waals surface area (Å²) < 4.78 is 50.8. The fourth-order valence-electron chi connectivity index (χ4n) is 11.8. The summed E-state index contributed by atoms with van der Waals surface area (Å²) >= 11 is 7.23. The average Bonchev–Trinajstić information content (AvgIpc) is 2.05. The lowest BCUT2D eigenvalue weighted by Gasteiger charge is -2.30. The van der Waals surface area contributed by atoms with Crippen LogP contribution in [0.1, 0.15) is 144 Å². The van der Waals surface area contributed by atoms with E-state index in [1.165, 1.54) is 11.1 Å². The van der Waals surface area contributed by atoms with Crippen molar-refractivity contribution in [2.45, 2.75) is 181 Å². The summed E-state index contributed by atoms with van der Waals surface area (Å²) in [4.78, 5) is 42.2. The van der Waals surface area contributed by atoms with Gasteiger partial charge >= 0.3 is 28.8 Å². The van der Waals surface area contributed by atoms with Gasteiger partial charge in [-0.15, -0.1) is 0 Å². The van der Waals surface area contributed by atoms with Gasteiger partial charge in [-0.25, -0.2) is 4.79 Å². The lowest BCUT2D eigenvalue weighted by Crippen LogP contribution is -2.40. The fraction of sp³-hybridized carbons (Fsp3) is 0.392. The van der Waals surface area contributed by atoms with Gasteiger partial charge in [-0.1, -0.05) is 171 Å². The number of ether oxygens (including phenoxy) is 1. The average molecular weight is 1420 g/mol. The van der Waals surface area contributed by atoms with Crippen LogP contribution < -0.4 is 28.7 Å². The number of ketones is 1. The van der Waals surface area contributed by atoms with Crippen molar-refractivity contribution >= 4 is 115 Å². The third-order valence-electron chi connectivity index (χ3n) is 16.4. The summed E-state index contributed by atoms with van der Waals surface area (Å²) in [6.45, 7) is 50.9. The van der Waals surface area contributed by atoms with Gasteiger partial charge in [0.25, 0.3) is 0 Å². The second kappa shape index (κ2) is 24.6. The zero-order valence-corrected chi connectivity index (χ0v) is 64.0. The lowest BCUT2D eigenvalue weighted by atomic mass is 9.81. The molecule has 0 aliphatic carbocycles. The Morgan fingerprint density at radius 3 is 1.42 bits per heavy atom. The molecule has 1 aliphatic rings. The van der Waals surface area contributed by atoms with Gasteiger partial charge in [0.05, 0.1) is 26.0 Å². The Morgan fingerprint density at radius 2 is 0.978 bits per heavy atom. The zero-order valence-electron chi connectivity index (χ0n) is 57.0. The molecule has 0 N–H and O–H groups in total. The molecule has 16 heteroatoms. The molecule has 8 aromatic rings. The number of rotatable bonds is 12. The molecule has 0 spiro atoms. The zero-order chi connectivity index (χ0) is 66.6. The van der Waals surface area contributed by atoms with E-state index in [0.29, 0.717) is 59.4 Å². The smallest absolute Gasteiger partial charge is 0.426 e. The van der Waals surface area contributed by atoms with Crippen molar-refractivity contribution < 1.29 is 45.6 Å². The molecule has 90 heavy (non-hydrogen) atoms. The number of carbonyl (C=O) groups excluding carboxylic acids is 3. The van der Waals surface area contributed by atoms with Crippen LogP contribution in [-0.2, 0) is 31.4 Å². The van der Waals surface area contributed by atoms with Crippen molar-refractivity contribution in [3.05, 3.63) is 150 Å².